The third-order valence-corrected chi connectivity index (χ3v) is 10.1. The Kier molecular flexibility index (Phi) is 7.19. The van der Waals surface area contributed by atoms with E-state index in [0.717, 1.165) is 0 Å². The van der Waals surface area contributed by atoms with Gasteiger partial charge in [0.25, 0.3) is 0 Å². The first-order chi connectivity index (χ1) is 20.4. The van der Waals surface area contributed by atoms with Gasteiger partial charge in [-0.2, -0.15) is 0 Å². The normalized spacial score (nSPS) is 38.6. The molecule has 0 amide bonds. The Balaban J connectivity index is 1.20. The molecule has 4 aromatic heterocycles. The summed E-state index contributed by atoms with van der Waals surface area (Å²) in [4.78, 5) is 24.3. The Labute approximate surface area is 250 Å². The maximum absolute atomic E-state index is 13.6. The molecule has 0 saturated carbocycles. The summed E-state index contributed by atoms with van der Waals surface area (Å²) in [5.41, 5.74) is 12.6. The molecule has 0 aliphatic carbocycles. The molecule has 3 saturated heterocycles. The zero-order chi connectivity index (χ0) is 30.3. The average Bonchev–Trinajstić information content (AvgIpc) is 3.70. The number of thiol groups is 2. The highest BCUT2D eigenvalue weighted by molar-refractivity contribution is 8.44. The molecule has 3 aliphatic heterocycles. The van der Waals surface area contributed by atoms with Crippen LogP contribution in [-0.2, 0) is 36.7 Å². The van der Waals surface area contributed by atoms with E-state index in [1.165, 1.54) is 34.4 Å². The van der Waals surface area contributed by atoms with Crippen LogP contribution in [0.2, 0.25) is 0 Å². The second-order valence-corrected chi connectivity index (χ2v) is 15.3. The van der Waals surface area contributed by atoms with Gasteiger partial charge in [-0.05, 0) is 0 Å². The van der Waals surface area contributed by atoms with Crippen LogP contribution >= 0.6 is 38.1 Å². The lowest BCUT2D eigenvalue weighted by Crippen LogP contribution is -2.36. The summed E-state index contributed by atoms with van der Waals surface area (Å²) in [5, 5.41) is 22.4. The number of rotatable bonds is 2. The molecule has 24 heteroatoms. The lowest BCUT2D eigenvalue weighted by molar-refractivity contribution is -0.126. The summed E-state index contributed by atoms with van der Waals surface area (Å²) < 4.78 is 63.6. The maximum atomic E-state index is 13.6. The zero-order valence-corrected chi connectivity index (χ0v) is 24.9. The second kappa shape index (κ2) is 10.6. The average molecular weight is 677 g/mol. The van der Waals surface area contributed by atoms with Crippen LogP contribution in [0, 0.1) is 0 Å². The minimum absolute atomic E-state index is 0.0744. The summed E-state index contributed by atoms with van der Waals surface area (Å²) in [5.74, 6) is 0.170. The van der Waals surface area contributed by atoms with Crippen molar-refractivity contribution in [2.75, 3.05) is 18.1 Å². The monoisotopic (exact) mass is 676 g/mol. The number of aromatic nitrogens is 8. The van der Waals surface area contributed by atoms with Crippen molar-refractivity contribution in [2.45, 2.75) is 49.3 Å². The molecule has 0 bridgehead atoms. The third kappa shape index (κ3) is 5.10. The quantitative estimate of drug-likeness (QED) is 0.122. The smallest absolute Gasteiger partial charge is 0.386 e. The Hall–Kier alpha value is -2.46. The van der Waals surface area contributed by atoms with Crippen molar-refractivity contribution in [3.05, 3.63) is 25.3 Å². The highest BCUT2D eigenvalue weighted by Crippen LogP contribution is 2.62. The van der Waals surface area contributed by atoms with Gasteiger partial charge in [0.05, 0.1) is 19.3 Å². The van der Waals surface area contributed by atoms with Crippen LogP contribution < -0.4 is 11.5 Å². The van der Waals surface area contributed by atoms with Crippen molar-refractivity contribution < 1.29 is 46.9 Å². The lowest BCUT2D eigenvalue weighted by Gasteiger charge is -2.25. The minimum atomic E-state index is -4.46. The van der Waals surface area contributed by atoms with Gasteiger partial charge in [-0.15, -0.1) is 0 Å². The van der Waals surface area contributed by atoms with Crippen LogP contribution in [0.3, 0.4) is 0 Å². The van der Waals surface area contributed by atoms with E-state index in [1.54, 1.807) is 0 Å². The highest BCUT2D eigenvalue weighted by Gasteiger charge is 2.55. The van der Waals surface area contributed by atoms with Gasteiger partial charge < -0.3 is 31.2 Å². The van der Waals surface area contributed by atoms with Crippen LogP contribution in [0.4, 0.5) is 11.6 Å². The molecular formula is C19H22N10O10P2S2. The molecule has 6 N–H and O–H groups in total. The van der Waals surface area contributed by atoms with E-state index in [0.29, 0.717) is 0 Å². The van der Waals surface area contributed by atoms with Gasteiger partial charge in [-0.1, -0.05) is 24.5 Å². The van der Waals surface area contributed by atoms with Gasteiger partial charge in [-0.3, -0.25) is 27.2 Å². The maximum Gasteiger partial charge on any atom is 0.388 e. The molecule has 230 valence electrons. The predicted molar refractivity (Wildman–Crippen MR) is 149 cm³/mol. The van der Waals surface area contributed by atoms with Crippen molar-refractivity contribution in [3.63, 3.8) is 0 Å². The molecule has 7 heterocycles. The number of aliphatic hydroxyl groups excluding tert-OH is 2. The number of nitrogens with zero attached hydrogens (tertiary/aromatic N) is 8. The van der Waals surface area contributed by atoms with Crippen LogP contribution in [0.1, 0.15) is 12.5 Å². The van der Waals surface area contributed by atoms with Crippen molar-refractivity contribution >= 4 is 72.1 Å². The summed E-state index contributed by atoms with van der Waals surface area (Å²) in [6, 6.07) is 0. The summed E-state index contributed by atoms with van der Waals surface area (Å²) in [7, 11) is 0. The molecule has 4 aromatic rings. The van der Waals surface area contributed by atoms with Gasteiger partial charge >= 0.3 is 13.6 Å². The van der Waals surface area contributed by atoms with E-state index in [2.05, 4.69) is 54.4 Å². The van der Waals surface area contributed by atoms with Crippen molar-refractivity contribution in [2.24, 2.45) is 0 Å². The Morgan fingerprint density at radius 3 is 1.91 bits per heavy atom. The SMILES string of the molecule is Nc1ncnc2c1ncn2[C@@H]1O[C@@H]2O[P@](=O)(S)OC3C(O)[C@H](n4cnc5c(N)ncnc54)O[C@@H]3CO[P@](=O)(S)OC2C1O. The molecule has 10 atom stereocenters. The molecule has 0 aromatic carbocycles. The Morgan fingerprint density at radius 1 is 0.767 bits per heavy atom. The minimum Gasteiger partial charge on any atom is -0.386 e. The fraction of sp³-hybridized carbons (Fsp3) is 0.474. The number of hydrogen-bond acceptors (Lipinski definition) is 18. The van der Waals surface area contributed by atoms with Crippen molar-refractivity contribution in [3.8, 4) is 0 Å². The largest absolute Gasteiger partial charge is 0.388 e. The molecule has 3 aliphatic rings. The number of nitrogen functional groups attached to an aromatic ring is 2. The van der Waals surface area contributed by atoms with Gasteiger partial charge in [0.1, 0.15) is 54.2 Å². The van der Waals surface area contributed by atoms with Crippen molar-refractivity contribution in [1.82, 2.24) is 39.0 Å². The molecule has 0 spiro atoms. The predicted octanol–water partition coefficient (Wildman–Crippen LogP) is 0.198. The van der Waals surface area contributed by atoms with Gasteiger partial charge in [0.15, 0.2) is 41.7 Å². The topological polar surface area (TPSA) is 269 Å². The van der Waals surface area contributed by atoms with Crippen LogP contribution in [-0.4, -0.2) is 92.7 Å². The summed E-state index contributed by atoms with van der Waals surface area (Å²) in [6.07, 6.45) is -6.62. The van der Waals surface area contributed by atoms with E-state index in [4.69, 9.17) is 39.0 Å². The number of imidazole rings is 2. The summed E-state index contributed by atoms with van der Waals surface area (Å²) >= 11 is 8.10. The van der Waals surface area contributed by atoms with Gasteiger partial charge in [-0.25, -0.2) is 39.0 Å². The van der Waals surface area contributed by atoms with Crippen molar-refractivity contribution in [1.29, 1.82) is 0 Å². The number of ether oxygens (including phenoxy) is 2. The molecule has 4 unspecified atom stereocenters. The number of anilines is 2. The first kappa shape index (κ1) is 29.3. The number of hydrogen-bond donors (Lipinski definition) is 6. The standard InChI is InChI=1S/C19H22N10O10P2S2/c20-13-7-15(24-2-22-13)28(4-26-7)17-9(30)11-6(35-17)1-34-40(32,42)38-12-10(31)18(36-19(12)39-41(33,43)37-11)29-5-27-8-14(21)23-3-25-16(8)29/h2-6,9-12,17-19,30-31H,1H2,(H,32,42)(H,33,43)(H2,20,22,24)(H2,21,23,25)/t6-,9?,10?,11?,12?,17-,18-,19-,40+,41-/m1/s1. The molecule has 7 rings (SSSR count). The van der Waals surface area contributed by atoms with E-state index >= 15 is 0 Å². The fourth-order valence-corrected chi connectivity index (χ4v) is 8.14. The van der Waals surface area contributed by atoms with Gasteiger partial charge in [0, 0.05) is 0 Å². The second-order valence-electron chi connectivity index (χ2n) is 9.59. The molecular weight excluding hydrogens is 654 g/mol. The van der Waals surface area contributed by atoms with E-state index in [1.807, 2.05) is 0 Å². The number of aliphatic hydroxyl groups is 2. The third-order valence-electron chi connectivity index (χ3n) is 6.95. The van der Waals surface area contributed by atoms with Crippen LogP contribution in [0.5, 0.6) is 0 Å². The number of fused-ring (bicyclic) bond motifs is 4. The summed E-state index contributed by atoms with van der Waals surface area (Å²) in [6.45, 7) is -9.30. The molecule has 3 fully saturated rings. The van der Waals surface area contributed by atoms with Crippen LogP contribution in [0.15, 0.2) is 25.3 Å². The molecule has 0 radical (unpaired) electrons. The number of nitrogens with two attached hydrogens (primary N) is 2. The van der Waals surface area contributed by atoms with E-state index < -0.39 is 69.5 Å². The molecule has 20 nitrogen and oxygen atoms in total. The Morgan fingerprint density at radius 2 is 1.30 bits per heavy atom. The zero-order valence-electron chi connectivity index (χ0n) is 21.3. The highest BCUT2D eigenvalue weighted by atomic mass is 32.7. The molecule has 43 heavy (non-hydrogen) atoms. The first-order valence-electron chi connectivity index (χ1n) is 12.3. The van der Waals surface area contributed by atoms with E-state index in [9.17, 15) is 19.3 Å². The van der Waals surface area contributed by atoms with Crippen LogP contribution in [0.25, 0.3) is 22.3 Å². The van der Waals surface area contributed by atoms with Gasteiger partial charge in [0.2, 0.25) is 0 Å². The lowest BCUT2D eigenvalue weighted by atomic mass is 10.1. The van der Waals surface area contributed by atoms with E-state index in [-0.39, 0.29) is 34.0 Å². The Bertz CT molecular complexity index is 1810. The first-order valence-corrected chi connectivity index (χ1v) is 17.7. The fourth-order valence-electron chi connectivity index (χ4n) is 5.03.